The van der Waals surface area contributed by atoms with Crippen LogP contribution >= 0.6 is 0 Å². The van der Waals surface area contributed by atoms with Crippen LogP contribution in [-0.2, 0) is 30.0 Å². The maximum Gasteiger partial charge on any atom is 0.416 e. The van der Waals surface area contributed by atoms with Gasteiger partial charge in [-0.1, -0.05) is 36.4 Å². The summed E-state index contributed by atoms with van der Waals surface area (Å²) < 4.78 is 110. The van der Waals surface area contributed by atoms with Crippen LogP contribution < -0.4 is 29.2 Å². The molecule has 0 aromatic heterocycles. The van der Waals surface area contributed by atoms with E-state index in [1.54, 1.807) is 38.5 Å². The lowest BCUT2D eigenvalue weighted by molar-refractivity contribution is -0.138. The average molecular weight is 803 g/mol. The molecule has 5 rings (SSSR count). The van der Waals surface area contributed by atoms with Gasteiger partial charge in [-0.25, -0.2) is 4.39 Å². The number of carbonyl (C=O) groups excluding carboxylic acids is 1. The zero-order chi connectivity index (χ0) is 41.8. The lowest BCUT2D eigenvalue weighted by atomic mass is 10.1. The first-order chi connectivity index (χ1) is 27.1. The molecule has 15 heteroatoms. The van der Waals surface area contributed by atoms with Crippen LogP contribution in [0.25, 0.3) is 0 Å². The molecule has 57 heavy (non-hydrogen) atoms. The highest BCUT2D eigenvalue weighted by Gasteiger charge is 2.31. The molecule has 0 bridgehead atoms. The molecule has 5 aromatic carbocycles. The van der Waals surface area contributed by atoms with E-state index in [9.17, 15) is 40.6 Å². The lowest BCUT2D eigenvalue weighted by Gasteiger charge is -2.26. The third-order valence-electron chi connectivity index (χ3n) is 8.68. The second-order valence-electron chi connectivity index (χ2n) is 12.4. The fraction of sp³-hybridized carbons (Fsp3) is 0.262. The number of rotatable bonds is 14. The van der Waals surface area contributed by atoms with Gasteiger partial charge in [-0.05, 0) is 90.2 Å². The summed E-state index contributed by atoms with van der Waals surface area (Å²) in [6.45, 7) is 0.652. The molecule has 1 atom stereocenters. The largest absolute Gasteiger partial charge is 0.493 e. The van der Waals surface area contributed by atoms with Gasteiger partial charge in [0.2, 0.25) is 0 Å². The van der Waals surface area contributed by atoms with Gasteiger partial charge in [0.1, 0.15) is 5.82 Å². The standard InChI is InChI=1S/C25H23F4NO4.C17H18F3NO2/c1-33-21-12-11-20(15-22(21)34-2)30(24(32)23(31)17-5-9-19(26)10-6-17)14-13-16-3-7-18(8-4-16)25(27,28)29;1-22-15-8-7-14(11-16(15)23-2)21-10-9-12-3-5-13(6-4-12)17(18,19)20/h3-12,15,23,31H,13-14H2,1-2H3;3-8,11,21H,9-10H2,1-2H3. The van der Waals surface area contributed by atoms with Gasteiger partial charge in [-0.2, -0.15) is 26.3 Å². The van der Waals surface area contributed by atoms with E-state index in [-0.39, 0.29) is 18.5 Å². The molecule has 0 aliphatic rings. The molecule has 304 valence electrons. The van der Waals surface area contributed by atoms with Crippen LogP contribution in [0.15, 0.2) is 109 Å². The fourth-order valence-electron chi connectivity index (χ4n) is 5.55. The number of amides is 1. The zero-order valence-electron chi connectivity index (χ0n) is 31.4. The van der Waals surface area contributed by atoms with Crippen molar-refractivity contribution in [2.75, 3.05) is 51.7 Å². The molecule has 0 saturated heterocycles. The summed E-state index contributed by atoms with van der Waals surface area (Å²) in [6, 6.07) is 24.9. The first kappa shape index (κ1) is 43.8. The summed E-state index contributed by atoms with van der Waals surface area (Å²) in [5.74, 6) is 0.838. The number of anilines is 2. The Labute approximate surface area is 325 Å². The number of ether oxygens (including phenoxy) is 4. The van der Waals surface area contributed by atoms with Crippen molar-refractivity contribution in [2.45, 2.75) is 31.3 Å². The topological polar surface area (TPSA) is 89.5 Å². The van der Waals surface area contributed by atoms with Gasteiger partial charge >= 0.3 is 12.4 Å². The molecule has 0 fully saturated rings. The minimum Gasteiger partial charge on any atom is -0.493 e. The Kier molecular flexibility index (Phi) is 15.2. The lowest BCUT2D eigenvalue weighted by Crippen LogP contribution is -2.37. The van der Waals surface area contributed by atoms with Gasteiger partial charge in [0.05, 0.1) is 39.6 Å². The van der Waals surface area contributed by atoms with Crippen LogP contribution in [0.3, 0.4) is 0 Å². The SMILES string of the molecule is COc1ccc(N(CCc2ccc(C(F)(F)F)cc2)C(=O)C(O)c2ccc(F)cc2)cc1OC.COc1ccc(NCCc2ccc(C(F)(F)F)cc2)cc1OC. The van der Waals surface area contributed by atoms with E-state index in [0.29, 0.717) is 47.2 Å². The highest BCUT2D eigenvalue weighted by atomic mass is 19.4. The Morgan fingerprint density at radius 1 is 0.632 bits per heavy atom. The summed E-state index contributed by atoms with van der Waals surface area (Å²) in [5, 5.41) is 13.9. The van der Waals surface area contributed by atoms with Crippen LogP contribution in [0.4, 0.5) is 42.1 Å². The number of hydrogen-bond donors (Lipinski definition) is 2. The summed E-state index contributed by atoms with van der Waals surface area (Å²) >= 11 is 0. The van der Waals surface area contributed by atoms with E-state index in [1.165, 1.54) is 55.5 Å². The minimum absolute atomic E-state index is 0.0535. The summed E-state index contributed by atoms with van der Waals surface area (Å²) in [6.07, 6.45) is -9.49. The third-order valence-corrected chi connectivity index (χ3v) is 8.68. The van der Waals surface area contributed by atoms with Gasteiger partial charge in [-0.3, -0.25) is 4.79 Å². The third kappa shape index (κ3) is 12.3. The molecule has 5 aromatic rings. The number of halogens is 7. The Morgan fingerprint density at radius 2 is 1.11 bits per heavy atom. The Morgan fingerprint density at radius 3 is 1.60 bits per heavy atom. The summed E-state index contributed by atoms with van der Waals surface area (Å²) in [4.78, 5) is 14.6. The molecule has 0 aliphatic carbocycles. The molecular weight excluding hydrogens is 761 g/mol. The van der Waals surface area contributed by atoms with Crippen LogP contribution in [0.1, 0.15) is 33.9 Å². The Bertz CT molecular complexity index is 2040. The van der Waals surface area contributed by atoms with E-state index < -0.39 is 41.3 Å². The number of aliphatic hydroxyl groups is 1. The zero-order valence-corrected chi connectivity index (χ0v) is 31.4. The van der Waals surface area contributed by atoms with Crippen LogP contribution in [0, 0.1) is 5.82 Å². The number of nitrogens with one attached hydrogen (secondary N) is 1. The van der Waals surface area contributed by atoms with Crippen molar-refractivity contribution >= 4 is 17.3 Å². The van der Waals surface area contributed by atoms with Gasteiger partial charge in [-0.15, -0.1) is 0 Å². The highest BCUT2D eigenvalue weighted by Crippen LogP contribution is 2.34. The smallest absolute Gasteiger partial charge is 0.416 e. The van der Waals surface area contributed by atoms with Crippen molar-refractivity contribution in [1.82, 2.24) is 0 Å². The number of hydrogen-bond acceptors (Lipinski definition) is 7. The van der Waals surface area contributed by atoms with Crippen molar-refractivity contribution in [3.63, 3.8) is 0 Å². The van der Waals surface area contributed by atoms with Crippen molar-refractivity contribution in [1.29, 1.82) is 0 Å². The first-order valence-corrected chi connectivity index (χ1v) is 17.3. The number of nitrogens with zero attached hydrogens (tertiary/aromatic N) is 1. The minimum atomic E-state index is -4.44. The van der Waals surface area contributed by atoms with E-state index in [1.807, 2.05) is 12.1 Å². The molecule has 0 heterocycles. The van der Waals surface area contributed by atoms with Crippen LogP contribution in [-0.4, -0.2) is 52.5 Å². The molecule has 0 aliphatic heterocycles. The quantitative estimate of drug-likeness (QED) is 0.108. The highest BCUT2D eigenvalue weighted by molar-refractivity contribution is 5.97. The Balaban J connectivity index is 0.000000273. The van der Waals surface area contributed by atoms with E-state index in [4.69, 9.17) is 18.9 Å². The molecule has 1 unspecified atom stereocenters. The number of aliphatic hydroxyl groups excluding tert-OH is 1. The predicted octanol–water partition coefficient (Wildman–Crippen LogP) is 9.55. The second-order valence-corrected chi connectivity index (χ2v) is 12.4. The van der Waals surface area contributed by atoms with Crippen molar-refractivity contribution in [3.05, 3.63) is 143 Å². The van der Waals surface area contributed by atoms with E-state index >= 15 is 0 Å². The predicted molar refractivity (Wildman–Crippen MR) is 202 cm³/mol. The van der Waals surface area contributed by atoms with E-state index in [0.717, 1.165) is 47.6 Å². The molecule has 2 N–H and O–H groups in total. The second kappa shape index (κ2) is 19.8. The molecular formula is C42H41F7N2O6. The monoisotopic (exact) mass is 802 g/mol. The van der Waals surface area contributed by atoms with Crippen LogP contribution in [0.5, 0.6) is 23.0 Å². The number of alkyl halides is 6. The first-order valence-electron chi connectivity index (χ1n) is 17.3. The number of benzene rings is 5. The van der Waals surface area contributed by atoms with E-state index in [2.05, 4.69) is 5.32 Å². The maximum atomic E-state index is 13.3. The summed E-state index contributed by atoms with van der Waals surface area (Å²) in [7, 11) is 6.02. The molecule has 0 spiro atoms. The normalized spacial score (nSPS) is 11.8. The van der Waals surface area contributed by atoms with Crippen molar-refractivity contribution in [2.24, 2.45) is 0 Å². The van der Waals surface area contributed by atoms with Crippen molar-refractivity contribution in [3.8, 4) is 23.0 Å². The van der Waals surface area contributed by atoms with Crippen LogP contribution in [0.2, 0.25) is 0 Å². The molecule has 8 nitrogen and oxygen atoms in total. The molecule has 0 radical (unpaired) electrons. The van der Waals surface area contributed by atoms with Crippen molar-refractivity contribution < 1.29 is 59.6 Å². The van der Waals surface area contributed by atoms with Gasteiger partial charge in [0.15, 0.2) is 29.1 Å². The maximum absolute atomic E-state index is 13.3. The van der Waals surface area contributed by atoms with Gasteiger partial charge in [0.25, 0.3) is 5.91 Å². The van der Waals surface area contributed by atoms with Gasteiger partial charge in [0, 0.05) is 36.6 Å². The molecule has 1 amide bonds. The average Bonchev–Trinajstić information content (AvgIpc) is 3.20. The summed E-state index contributed by atoms with van der Waals surface area (Å²) in [5.41, 5.74) is 1.45. The van der Waals surface area contributed by atoms with Gasteiger partial charge < -0.3 is 34.3 Å². The number of methoxy groups -OCH3 is 4. The number of carbonyl (C=O) groups is 1. The Hall–Kier alpha value is -5.96. The molecule has 0 saturated carbocycles. The fourth-order valence-corrected chi connectivity index (χ4v) is 5.55.